The maximum Gasteiger partial charge on any atom is 0.258 e. The minimum atomic E-state index is -1.21. The summed E-state index contributed by atoms with van der Waals surface area (Å²) in [4.78, 5) is 10.6. The van der Waals surface area contributed by atoms with Crippen LogP contribution in [0.2, 0.25) is 0 Å². The van der Waals surface area contributed by atoms with Crippen LogP contribution in [0.5, 0.6) is 0 Å². The molecule has 5 nitrogen and oxygen atoms in total. The molecular formula is C9H8N4O. The van der Waals surface area contributed by atoms with Crippen LogP contribution in [0.4, 0.5) is 5.69 Å². The minimum absolute atomic E-state index is 0.578. The van der Waals surface area contributed by atoms with E-state index in [2.05, 4.69) is 10.2 Å². The van der Waals surface area contributed by atoms with Gasteiger partial charge in [0.1, 0.15) is 6.07 Å². The van der Waals surface area contributed by atoms with E-state index < -0.39 is 11.9 Å². The average Bonchev–Trinajstić information content (AvgIpc) is 2.20. The molecule has 0 spiro atoms. The monoisotopic (exact) mass is 188 g/mol. The maximum absolute atomic E-state index is 10.6. The highest BCUT2D eigenvalue weighted by Crippen LogP contribution is 2.10. The molecule has 70 valence electrons. The van der Waals surface area contributed by atoms with E-state index >= 15 is 0 Å². The lowest BCUT2D eigenvalue weighted by molar-refractivity contribution is -0.118. The van der Waals surface area contributed by atoms with Gasteiger partial charge in [0.15, 0.2) is 0 Å². The molecule has 0 unspecified atom stereocenters. The van der Waals surface area contributed by atoms with E-state index in [0.717, 1.165) is 0 Å². The summed E-state index contributed by atoms with van der Waals surface area (Å²) in [5, 5.41) is 15.7. The van der Waals surface area contributed by atoms with Crippen molar-refractivity contribution in [2.75, 3.05) is 0 Å². The van der Waals surface area contributed by atoms with Crippen molar-refractivity contribution in [1.82, 2.24) is 0 Å². The van der Waals surface area contributed by atoms with E-state index in [9.17, 15) is 4.79 Å². The Kier molecular flexibility index (Phi) is 3.33. The Morgan fingerprint density at radius 3 is 2.57 bits per heavy atom. The van der Waals surface area contributed by atoms with Crippen LogP contribution in [0.3, 0.4) is 0 Å². The van der Waals surface area contributed by atoms with Gasteiger partial charge in [0.05, 0.1) is 5.69 Å². The van der Waals surface area contributed by atoms with Gasteiger partial charge in [0, 0.05) is 0 Å². The molecule has 5 heteroatoms. The molecule has 14 heavy (non-hydrogen) atoms. The van der Waals surface area contributed by atoms with Crippen molar-refractivity contribution >= 4 is 11.6 Å². The normalized spacial score (nSPS) is 12.2. The molecule has 0 bridgehead atoms. The molecule has 0 aliphatic heterocycles. The SMILES string of the molecule is N#C[C@@H](N=Nc1ccccc1)C(N)=O. The van der Waals surface area contributed by atoms with Gasteiger partial charge in [-0.25, -0.2) is 0 Å². The minimum Gasteiger partial charge on any atom is -0.367 e. The summed E-state index contributed by atoms with van der Waals surface area (Å²) in [7, 11) is 0. The van der Waals surface area contributed by atoms with Crippen molar-refractivity contribution < 1.29 is 4.79 Å². The van der Waals surface area contributed by atoms with Gasteiger partial charge in [0.2, 0.25) is 6.04 Å². The summed E-state index contributed by atoms with van der Waals surface area (Å²) < 4.78 is 0. The largest absolute Gasteiger partial charge is 0.367 e. The van der Waals surface area contributed by atoms with E-state index in [1.165, 1.54) is 0 Å². The Hall–Kier alpha value is -2.22. The highest BCUT2D eigenvalue weighted by molar-refractivity contribution is 5.82. The third kappa shape index (κ3) is 2.68. The quantitative estimate of drug-likeness (QED) is 0.720. The fourth-order valence-electron chi connectivity index (χ4n) is 0.765. The van der Waals surface area contributed by atoms with Gasteiger partial charge in [-0.15, -0.1) is 0 Å². The highest BCUT2D eigenvalue weighted by Gasteiger charge is 2.11. The average molecular weight is 188 g/mol. The molecule has 0 saturated heterocycles. The van der Waals surface area contributed by atoms with Crippen LogP contribution < -0.4 is 5.73 Å². The summed E-state index contributed by atoms with van der Waals surface area (Å²) in [6.45, 7) is 0. The molecule has 0 aliphatic carbocycles. The number of carbonyl (C=O) groups is 1. The van der Waals surface area contributed by atoms with Crippen molar-refractivity contribution in [3.05, 3.63) is 30.3 Å². The molecule has 1 aromatic rings. The Balaban J connectivity index is 2.74. The second-order valence-electron chi connectivity index (χ2n) is 2.49. The lowest BCUT2D eigenvalue weighted by Crippen LogP contribution is -2.24. The molecule has 0 aromatic heterocycles. The van der Waals surface area contributed by atoms with E-state index in [0.29, 0.717) is 5.69 Å². The lowest BCUT2D eigenvalue weighted by atomic mass is 10.3. The van der Waals surface area contributed by atoms with Crippen LogP contribution in [0.25, 0.3) is 0 Å². The second-order valence-corrected chi connectivity index (χ2v) is 2.49. The number of hydrogen-bond donors (Lipinski definition) is 1. The third-order valence-corrected chi connectivity index (χ3v) is 1.44. The number of rotatable bonds is 3. The van der Waals surface area contributed by atoms with Gasteiger partial charge in [-0.3, -0.25) is 4.79 Å². The van der Waals surface area contributed by atoms with Gasteiger partial charge < -0.3 is 5.73 Å². The fraction of sp³-hybridized carbons (Fsp3) is 0.111. The molecule has 0 aliphatic rings. The predicted molar refractivity (Wildman–Crippen MR) is 49.6 cm³/mol. The molecule has 1 aromatic carbocycles. The van der Waals surface area contributed by atoms with Gasteiger partial charge in [0.25, 0.3) is 5.91 Å². The van der Waals surface area contributed by atoms with Crippen LogP contribution in [0, 0.1) is 11.3 Å². The fourth-order valence-corrected chi connectivity index (χ4v) is 0.765. The molecule has 0 radical (unpaired) electrons. The topological polar surface area (TPSA) is 91.6 Å². The third-order valence-electron chi connectivity index (χ3n) is 1.44. The lowest BCUT2D eigenvalue weighted by Gasteiger charge is -1.94. The zero-order chi connectivity index (χ0) is 10.4. The first-order valence-corrected chi connectivity index (χ1v) is 3.89. The van der Waals surface area contributed by atoms with Crippen molar-refractivity contribution in [1.29, 1.82) is 5.26 Å². The summed E-state index contributed by atoms with van der Waals surface area (Å²) >= 11 is 0. The van der Waals surface area contributed by atoms with Crippen LogP contribution in [-0.2, 0) is 4.79 Å². The Labute approximate surface area is 80.9 Å². The van der Waals surface area contributed by atoms with Gasteiger partial charge in [-0.1, -0.05) is 18.2 Å². The van der Waals surface area contributed by atoms with Crippen molar-refractivity contribution in [3.8, 4) is 6.07 Å². The molecule has 1 rings (SSSR count). The Morgan fingerprint density at radius 2 is 2.07 bits per heavy atom. The number of nitrogens with two attached hydrogens (primary N) is 1. The molecule has 0 fully saturated rings. The zero-order valence-corrected chi connectivity index (χ0v) is 7.29. The Morgan fingerprint density at radius 1 is 1.43 bits per heavy atom. The van der Waals surface area contributed by atoms with Gasteiger partial charge in [-0.2, -0.15) is 15.5 Å². The number of azo groups is 1. The molecule has 2 N–H and O–H groups in total. The first-order valence-electron chi connectivity index (χ1n) is 3.89. The Bertz CT molecular complexity index is 380. The highest BCUT2D eigenvalue weighted by atomic mass is 16.1. The summed E-state index contributed by atoms with van der Waals surface area (Å²) in [6.07, 6.45) is 0. The van der Waals surface area contributed by atoms with Crippen LogP contribution in [0.15, 0.2) is 40.6 Å². The first kappa shape index (κ1) is 9.86. The molecule has 1 atom stereocenters. The maximum atomic E-state index is 10.6. The molecular weight excluding hydrogens is 180 g/mol. The number of hydrogen-bond acceptors (Lipinski definition) is 4. The molecule has 0 saturated carbocycles. The van der Waals surface area contributed by atoms with Gasteiger partial charge in [-0.05, 0) is 12.1 Å². The summed E-state index contributed by atoms with van der Waals surface area (Å²) in [5.41, 5.74) is 5.47. The molecule has 1 amide bonds. The van der Waals surface area contributed by atoms with Crippen LogP contribution in [-0.4, -0.2) is 11.9 Å². The molecule has 0 heterocycles. The number of nitriles is 1. The first-order chi connectivity index (χ1) is 6.74. The smallest absolute Gasteiger partial charge is 0.258 e. The summed E-state index contributed by atoms with van der Waals surface area (Å²) in [5.74, 6) is -0.799. The number of benzene rings is 1. The van der Waals surface area contributed by atoms with Crippen LogP contribution >= 0.6 is 0 Å². The summed E-state index contributed by atoms with van der Waals surface area (Å²) in [6, 6.07) is 9.22. The van der Waals surface area contributed by atoms with E-state index in [1.807, 2.05) is 6.07 Å². The van der Waals surface area contributed by atoms with Crippen LogP contribution in [0.1, 0.15) is 0 Å². The number of amides is 1. The number of nitrogens with zero attached hydrogens (tertiary/aromatic N) is 3. The predicted octanol–water partition coefficient (Wildman–Crippen LogP) is 1.15. The van der Waals surface area contributed by atoms with Gasteiger partial charge >= 0.3 is 0 Å². The van der Waals surface area contributed by atoms with Crippen molar-refractivity contribution in [2.24, 2.45) is 16.0 Å². The second kappa shape index (κ2) is 4.72. The standard InChI is InChI=1S/C9H8N4O/c10-6-8(9(11)14)13-12-7-4-2-1-3-5-7/h1-5,8H,(H2,11,14)/t8-/m1/s1. The van der Waals surface area contributed by atoms with E-state index in [4.69, 9.17) is 11.0 Å². The van der Waals surface area contributed by atoms with E-state index in [-0.39, 0.29) is 0 Å². The number of carbonyl (C=O) groups excluding carboxylic acids is 1. The van der Waals surface area contributed by atoms with Crippen molar-refractivity contribution in [3.63, 3.8) is 0 Å². The zero-order valence-electron chi connectivity index (χ0n) is 7.29. The number of primary amides is 1. The van der Waals surface area contributed by atoms with E-state index in [1.54, 1.807) is 30.3 Å². The van der Waals surface area contributed by atoms with Crippen molar-refractivity contribution in [2.45, 2.75) is 6.04 Å².